The van der Waals surface area contributed by atoms with Crippen molar-refractivity contribution in [2.45, 2.75) is 13.0 Å². The molecule has 88 valence electrons. The average Bonchev–Trinajstić information content (AvgIpc) is 2.40. The van der Waals surface area contributed by atoms with Crippen molar-refractivity contribution >= 4 is 5.82 Å². The van der Waals surface area contributed by atoms with Crippen molar-refractivity contribution in [2.75, 3.05) is 12.4 Å². The van der Waals surface area contributed by atoms with E-state index in [9.17, 15) is 0 Å². The van der Waals surface area contributed by atoms with Gasteiger partial charge in [-0.2, -0.15) is 5.10 Å². The number of hydrogen-bond acceptors (Lipinski definition) is 4. The molecule has 0 spiro atoms. The summed E-state index contributed by atoms with van der Waals surface area (Å²) in [6, 6.07) is 11.9. The maximum atomic E-state index is 5.12. The fraction of sp³-hybridized carbons (Fsp3) is 0.231. The van der Waals surface area contributed by atoms with Gasteiger partial charge in [0.25, 0.3) is 0 Å². The molecule has 2 rings (SSSR count). The van der Waals surface area contributed by atoms with Gasteiger partial charge >= 0.3 is 0 Å². The summed E-state index contributed by atoms with van der Waals surface area (Å²) < 4.78 is 5.12. The van der Waals surface area contributed by atoms with Crippen molar-refractivity contribution in [2.24, 2.45) is 0 Å². The number of nitrogens with one attached hydrogen (secondary N) is 1. The standard InChI is InChI=1S/C13H15N3O/c1-10(15-13-4-3-9-14-16-13)11-5-7-12(17-2)8-6-11/h3-10H,1-2H3,(H,15,16). The van der Waals surface area contributed by atoms with Crippen LogP contribution in [0.4, 0.5) is 5.82 Å². The Labute approximate surface area is 101 Å². The highest BCUT2D eigenvalue weighted by atomic mass is 16.5. The van der Waals surface area contributed by atoms with E-state index in [4.69, 9.17) is 4.74 Å². The Kier molecular flexibility index (Phi) is 3.55. The van der Waals surface area contributed by atoms with Crippen LogP contribution in [0.2, 0.25) is 0 Å². The molecule has 0 aliphatic heterocycles. The summed E-state index contributed by atoms with van der Waals surface area (Å²) >= 11 is 0. The van der Waals surface area contributed by atoms with Gasteiger partial charge < -0.3 is 10.1 Å². The van der Waals surface area contributed by atoms with Crippen LogP contribution in [0.1, 0.15) is 18.5 Å². The molecule has 1 aromatic carbocycles. The maximum absolute atomic E-state index is 5.12. The first-order valence-electron chi connectivity index (χ1n) is 5.48. The Hall–Kier alpha value is -2.10. The minimum absolute atomic E-state index is 0.178. The normalized spacial score (nSPS) is 11.9. The third kappa shape index (κ3) is 2.93. The van der Waals surface area contributed by atoms with Crippen LogP contribution in [-0.2, 0) is 0 Å². The van der Waals surface area contributed by atoms with Crippen LogP contribution in [0.25, 0.3) is 0 Å². The molecule has 1 heterocycles. The Morgan fingerprint density at radius 2 is 1.94 bits per heavy atom. The van der Waals surface area contributed by atoms with E-state index in [1.807, 2.05) is 36.4 Å². The van der Waals surface area contributed by atoms with Crippen LogP contribution in [0, 0.1) is 0 Å². The van der Waals surface area contributed by atoms with Crippen LogP contribution in [0.15, 0.2) is 42.6 Å². The number of nitrogens with zero attached hydrogens (tertiary/aromatic N) is 2. The van der Waals surface area contributed by atoms with Gasteiger partial charge in [0.15, 0.2) is 0 Å². The molecule has 0 aliphatic carbocycles. The van der Waals surface area contributed by atoms with Crippen molar-refractivity contribution in [3.8, 4) is 5.75 Å². The van der Waals surface area contributed by atoms with Crippen LogP contribution in [-0.4, -0.2) is 17.3 Å². The highest BCUT2D eigenvalue weighted by molar-refractivity contribution is 5.37. The molecule has 17 heavy (non-hydrogen) atoms. The summed E-state index contributed by atoms with van der Waals surface area (Å²) in [5.74, 6) is 1.64. The molecular formula is C13H15N3O. The van der Waals surface area contributed by atoms with E-state index >= 15 is 0 Å². The number of anilines is 1. The first kappa shape index (κ1) is 11.4. The lowest BCUT2D eigenvalue weighted by Gasteiger charge is -2.14. The Morgan fingerprint density at radius 1 is 1.18 bits per heavy atom. The van der Waals surface area contributed by atoms with Crippen molar-refractivity contribution in [1.82, 2.24) is 10.2 Å². The zero-order valence-electron chi connectivity index (χ0n) is 9.92. The van der Waals surface area contributed by atoms with E-state index in [2.05, 4.69) is 22.4 Å². The zero-order valence-corrected chi connectivity index (χ0v) is 9.92. The molecular weight excluding hydrogens is 214 g/mol. The van der Waals surface area contributed by atoms with Gasteiger partial charge in [-0.15, -0.1) is 5.10 Å². The van der Waals surface area contributed by atoms with Crippen LogP contribution < -0.4 is 10.1 Å². The summed E-state index contributed by atoms with van der Waals surface area (Å²) in [6.45, 7) is 2.08. The van der Waals surface area contributed by atoms with E-state index in [0.29, 0.717) is 0 Å². The molecule has 0 bridgehead atoms. The van der Waals surface area contributed by atoms with Gasteiger partial charge in [0.2, 0.25) is 0 Å². The quantitative estimate of drug-likeness (QED) is 0.875. The van der Waals surface area contributed by atoms with Gasteiger partial charge in [-0.3, -0.25) is 0 Å². The van der Waals surface area contributed by atoms with Crippen LogP contribution in [0.5, 0.6) is 5.75 Å². The molecule has 1 unspecified atom stereocenters. The smallest absolute Gasteiger partial charge is 0.149 e. The fourth-order valence-corrected chi connectivity index (χ4v) is 1.58. The monoisotopic (exact) mass is 229 g/mol. The van der Waals surface area contributed by atoms with Gasteiger partial charge in [0.05, 0.1) is 13.2 Å². The lowest BCUT2D eigenvalue weighted by Crippen LogP contribution is -2.08. The molecule has 0 radical (unpaired) electrons. The van der Waals surface area contributed by atoms with Gasteiger partial charge in [-0.25, -0.2) is 0 Å². The van der Waals surface area contributed by atoms with Crippen LogP contribution in [0.3, 0.4) is 0 Å². The molecule has 0 aliphatic rings. The summed E-state index contributed by atoms with van der Waals surface area (Å²) in [5.41, 5.74) is 1.18. The number of ether oxygens (including phenoxy) is 1. The molecule has 0 amide bonds. The summed E-state index contributed by atoms with van der Waals surface area (Å²) in [6.07, 6.45) is 1.66. The minimum Gasteiger partial charge on any atom is -0.497 e. The van der Waals surface area contributed by atoms with E-state index < -0.39 is 0 Å². The van der Waals surface area contributed by atoms with E-state index in [1.165, 1.54) is 5.56 Å². The Balaban J connectivity index is 2.06. The number of hydrogen-bond donors (Lipinski definition) is 1. The number of benzene rings is 1. The Morgan fingerprint density at radius 3 is 2.53 bits per heavy atom. The molecule has 1 aromatic heterocycles. The summed E-state index contributed by atoms with van der Waals surface area (Å²) in [7, 11) is 1.66. The lowest BCUT2D eigenvalue weighted by molar-refractivity contribution is 0.414. The average molecular weight is 229 g/mol. The predicted molar refractivity (Wildman–Crippen MR) is 67.1 cm³/mol. The lowest BCUT2D eigenvalue weighted by atomic mass is 10.1. The number of rotatable bonds is 4. The molecule has 1 atom stereocenters. The van der Waals surface area contributed by atoms with Crippen LogP contribution >= 0.6 is 0 Å². The first-order chi connectivity index (χ1) is 8.29. The SMILES string of the molecule is COc1ccc(C(C)Nc2cccnn2)cc1. The molecule has 2 aromatic rings. The van der Waals surface area contributed by atoms with E-state index in [0.717, 1.165) is 11.6 Å². The maximum Gasteiger partial charge on any atom is 0.149 e. The minimum atomic E-state index is 0.178. The number of methoxy groups -OCH3 is 1. The van der Waals surface area contributed by atoms with Gasteiger partial charge in [0.1, 0.15) is 11.6 Å². The van der Waals surface area contributed by atoms with E-state index in [1.54, 1.807) is 13.3 Å². The first-order valence-corrected chi connectivity index (χ1v) is 5.48. The second-order valence-electron chi connectivity index (χ2n) is 3.75. The Bertz CT molecular complexity index is 456. The third-order valence-corrected chi connectivity index (χ3v) is 2.55. The van der Waals surface area contributed by atoms with Gasteiger partial charge in [-0.1, -0.05) is 12.1 Å². The van der Waals surface area contributed by atoms with Crippen molar-refractivity contribution in [1.29, 1.82) is 0 Å². The van der Waals surface area contributed by atoms with Crippen molar-refractivity contribution in [3.63, 3.8) is 0 Å². The molecule has 0 saturated carbocycles. The van der Waals surface area contributed by atoms with Crippen molar-refractivity contribution < 1.29 is 4.74 Å². The fourth-order valence-electron chi connectivity index (χ4n) is 1.58. The van der Waals surface area contributed by atoms with E-state index in [-0.39, 0.29) is 6.04 Å². The topological polar surface area (TPSA) is 47.0 Å². The largest absolute Gasteiger partial charge is 0.497 e. The summed E-state index contributed by atoms with van der Waals surface area (Å²) in [5, 5.41) is 11.1. The highest BCUT2D eigenvalue weighted by Crippen LogP contribution is 2.20. The second kappa shape index (κ2) is 5.30. The molecule has 4 nitrogen and oxygen atoms in total. The van der Waals surface area contributed by atoms with Gasteiger partial charge in [0, 0.05) is 6.20 Å². The predicted octanol–water partition coefficient (Wildman–Crippen LogP) is 2.66. The zero-order chi connectivity index (χ0) is 12.1. The molecule has 4 heteroatoms. The molecule has 0 saturated heterocycles. The molecule has 1 N–H and O–H groups in total. The van der Waals surface area contributed by atoms with Gasteiger partial charge in [-0.05, 0) is 36.8 Å². The highest BCUT2D eigenvalue weighted by Gasteiger charge is 2.05. The third-order valence-electron chi connectivity index (χ3n) is 2.55. The number of aromatic nitrogens is 2. The van der Waals surface area contributed by atoms with Crippen molar-refractivity contribution in [3.05, 3.63) is 48.2 Å². The second-order valence-corrected chi connectivity index (χ2v) is 3.75. The summed E-state index contributed by atoms with van der Waals surface area (Å²) in [4.78, 5) is 0. The molecule has 0 fully saturated rings.